The molecule has 0 saturated carbocycles. The van der Waals surface area contributed by atoms with Crippen molar-refractivity contribution >= 4 is 46.7 Å². The van der Waals surface area contributed by atoms with Gasteiger partial charge < -0.3 is 4.74 Å². The van der Waals surface area contributed by atoms with Crippen molar-refractivity contribution in [1.29, 1.82) is 0 Å². The summed E-state index contributed by atoms with van der Waals surface area (Å²) in [7, 11) is 0. The fourth-order valence-corrected chi connectivity index (χ4v) is 2.98. The molecule has 3 aromatic carbocycles. The van der Waals surface area contributed by atoms with E-state index >= 15 is 0 Å². The Morgan fingerprint density at radius 1 is 0.923 bits per heavy atom. The first kappa shape index (κ1) is 18.8. The van der Waals surface area contributed by atoms with Crippen molar-refractivity contribution in [3.05, 3.63) is 92.4 Å². The summed E-state index contributed by atoms with van der Waals surface area (Å²) in [5.74, 6) is 0.739. The molecular formula is C21H16Cl3NO. The smallest absolute Gasteiger partial charge is 0.120 e. The van der Waals surface area contributed by atoms with Gasteiger partial charge in [0.1, 0.15) is 12.4 Å². The summed E-state index contributed by atoms with van der Waals surface area (Å²) in [4.78, 5) is 4.52. The van der Waals surface area contributed by atoms with Crippen LogP contribution in [-0.4, -0.2) is 6.21 Å². The molecule has 0 radical (unpaired) electrons. The number of ether oxygens (including phenoxy) is 1. The van der Waals surface area contributed by atoms with Crippen LogP contribution in [0.1, 0.15) is 16.7 Å². The summed E-state index contributed by atoms with van der Waals surface area (Å²) in [6, 6.07) is 18.7. The Hall–Kier alpha value is -2.00. The molecule has 0 aromatic heterocycles. The van der Waals surface area contributed by atoms with Crippen molar-refractivity contribution in [2.45, 2.75) is 13.5 Å². The van der Waals surface area contributed by atoms with Gasteiger partial charge in [0.2, 0.25) is 0 Å². The molecule has 2 nitrogen and oxygen atoms in total. The highest BCUT2D eigenvalue weighted by molar-refractivity contribution is 6.35. The molecule has 0 heterocycles. The second kappa shape index (κ2) is 8.59. The van der Waals surface area contributed by atoms with Gasteiger partial charge in [-0.05, 0) is 54.4 Å². The van der Waals surface area contributed by atoms with Crippen molar-refractivity contribution < 1.29 is 4.74 Å². The van der Waals surface area contributed by atoms with Crippen LogP contribution in [0.2, 0.25) is 15.1 Å². The summed E-state index contributed by atoms with van der Waals surface area (Å²) in [5, 5.41) is 1.86. The number of hydrogen-bond donors (Lipinski definition) is 0. The van der Waals surface area contributed by atoms with Crippen molar-refractivity contribution in [2.24, 2.45) is 4.99 Å². The lowest BCUT2D eigenvalue weighted by molar-refractivity contribution is 0.306. The first-order valence-electron chi connectivity index (χ1n) is 7.98. The maximum atomic E-state index is 6.18. The zero-order valence-electron chi connectivity index (χ0n) is 14.0. The number of benzene rings is 3. The van der Waals surface area contributed by atoms with Crippen molar-refractivity contribution in [2.75, 3.05) is 0 Å². The molecular weight excluding hydrogens is 389 g/mol. The van der Waals surface area contributed by atoms with Gasteiger partial charge in [-0.15, -0.1) is 0 Å². The maximum Gasteiger partial charge on any atom is 0.120 e. The minimum absolute atomic E-state index is 0.365. The van der Waals surface area contributed by atoms with E-state index in [1.165, 1.54) is 0 Å². The van der Waals surface area contributed by atoms with Gasteiger partial charge in [0.25, 0.3) is 0 Å². The Balaban J connectivity index is 1.71. The number of hydrogen-bond acceptors (Lipinski definition) is 2. The highest BCUT2D eigenvalue weighted by Gasteiger charge is 2.03. The molecule has 0 aliphatic carbocycles. The Morgan fingerprint density at radius 2 is 1.69 bits per heavy atom. The molecule has 26 heavy (non-hydrogen) atoms. The molecule has 0 unspecified atom stereocenters. The number of halogens is 3. The van der Waals surface area contributed by atoms with Gasteiger partial charge in [0.15, 0.2) is 0 Å². The molecule has 3 rings (SSSR count). The molecule has 0 aliphatic heterocycles. The van der Waals surface area contributed by atoms with E-state index in [2.05, 4.69) is 4.99 Å². The number of aryl methyl sites for hydroxylation is 1. The second-order valence-corrected chi connectivity index (χ2v) is 7.07. The quantitative estimate of drug-likeness (QED) is 0.409. The number of nitrogens with zero attached hydrogens (tertiary/aromatic N) is 1. The molecule has 0 spiro atoms. The average Bonchev–Trinajstić information content (AvgIpc) is 2.62. The zero-order valence-corrected chi connectivity index (χ0v) is 16.3. The van der Waals surface area contributed by atoms with E-state index in [1.807, 2.05) is 55.5 Å². The summed E-state index contributed by atoms with van der Waals surface area (Å²) in [5.41, 5.74) is 3.72. The summed E-state index contributed by atoms with van der Waals surface area (Å²) in [6.45, 7) is 2.36. The van der Waals surface area contributed by atoms with Gasteiger partial charge in [-0.2, -0.15) is 0 Å². The molecule has 0 amide bonds. The van der Waals surface area contributed by atoms with Gasteiger partial charge in [-0.25, -0.2) is 0 Å². The average molecular weight is 405 g/mol. The van der Waals surface area contributed by atoms with Crippen LogP contribution in [0, 0.1) is 6.92 Å². The minimum atomic E-state index is 0.365. The van der Waals surface area contributed by atoms with Gasteiger partial charge in [0.05, 0.1) is 5.69 Å². The Morgan fingerprint density at radius 3 is 2.50 bits per heavy atom. The fourth-order valence-electron chi connectivity index (χ4n) is 2.35. The SMILES string of the molecule is Cc1ccc(Cl)cc1N=Cc1cccc(OCc2ccc(Cl)cc2Cl)c1. The van der Waals surface area contributed by atoms with E-state index in [9.17, 15) is 0 Å². The highest BCUT2D eigenvalue weighted by Crippen LogP contribution is 2.24. The molecule has 0 N–H and O–H groups in total. The number of aliphatic imine (C=N–C) groups is 1. The van der Waals surface area contributed by atoms with E-state index in [1.54, 1.807) is 18.3 Å². The molecule has 132 valence electrons. The molecule has 5 heteroatoms. The molecule has 0 bridgehead atoms. The van der Waals surface area contributed by atoms with Crippen LogP contribution in [0.5, 0.6) is 5.75 Å². The summed E-state index contributed by atoms with van der Waals surface area (Å²) in [6.07, 6.45) is 1.79. The van der Waals surface area contributed by atoms with Gasteiger partial charge in [-0.1, -0.05) is 59.1 Å². The summed E-state index contributed by atoms with van der Waals surface area (Å²) >= 11 is 18.1. The monoisotopic (exact) mass is 403 g/mol. The minimum Gasteiger partial charge on any atom is -0.489 e. The Labute approximate surface area is 168 Å². The van der Waals surface area contributed by atoms with Gasteiger partial charge >= 0.3 is 0 Å². The van der Waals surface area contributed by atoms with Gasteiger partial charge in [0, 0.05) is 26.8 Å². The van der Waals surface area contributed by atoms with Crippen molar-refractivity contribution in [1.82, 2.24) is 0 Å². The molecule has 0 saturated heterocycles. The lowest BCUT2D eigenvalue weighted by Crippen LogP contribution is -1.96. The third kappa shape index (κ3) is 5.01. The fraction of sp³-hybridized carbons (Fsp3) is 0.0952. The standard InChI is InChI=1S/C21H16Cl3NO/c1-14-5-7-18(23)11-21(14)25-12-15-3-2-4-19(9-15)26-13-16-6-8-17(22)10-20(16)24/h2-12H,13H2,1H3. The maximum absolute atomic E-state index is 6.18. The third-order valence-corrected chi connectivity index (χ3v) is 4.61. The topological polar surface area (TPSA) is 21.6 Å². The molecule has 0 atom stereocenters. The van der Waals surface area contributed by atoms with Crippen LogP contribution in [0.3, 0.4) is 0 Å². The first-order valence-corrected chi connectivity index (χ1v) is 9.12. The van der Waals surface area contributed by atoms with Crippen LogP contribution in [0.25, 0.3) is 0 Å². The molecule has 3 aromatic rings. The van der Waals surface area contributed by atoms with Crippen molar-refractivity contribution in [3.8, 4) is 5.75 Å². The van der Waals surface area contributed by atoms with Crippen LogP contribution in [0.15, 0.2) is 65.7 Å². The Kier molecular flexibility index (Phi) is 6.20. The lowest BCUT2D eigenvalue weighted by atomic mass is 10.2. The van der Waals surface area contributed by atoms with Crippen LogP contribution in [0.4, 0.5) is 5.69 Å². The van der Waals surface area contributed by atoms with E-state index < -0.39 is 0 Å². The predicted octanol–water partition coefficient (Wildman–Crippen LogP) is 7.28. The van der Waals surface area contributed by atoms with Crippen molar-refractivity contribution in [3.63, 3.8) is 0 Å². The normalized spacial score (nSPS) is 11.1. The predicted molar refractivity (Wildman–Crippen MR) is 111 cm³/mol. The van der Waals surface area contributed by atoms with E-state index in [-0.39, 0.29) is 0 Å². The van der Waals surface area contributed by atoms with Crippen LogP contribution < -0.4 is 4.74 Å². The van der Waals surface area contributed by atoms with E-state index in [0.717, 1.165) is 28.1 Å². The number of rotatable bonds is 5. The zero-order chi connectivity index (χ0) is 18.5. The van der Waals surface area contributed by atoms with Crippen LogP contribution >= 0.6 is 34.8 Å². The largest absolute Gasteiger partial charge is 0.489 e. The van der Waals surface area contributed by atoms with E-state index in [0.29, 0.717) is 21.7 Å². The molecule has 0 fully saturated rings. The Bertz CT molecular complexity index is 954. The van der Waals surface area contributed by atoms with Gasteiger partial charge in [-0.3, -0.25) is 4.99 Å². The van der Waals surface area contributed by atoms with E-state index in [4.69, 9.17) is 39.5 Å². The van der Waals surface area contributed by atoms with Crippen LogP contribution in [-0.2, 0) is 6.61 Å². The second-order valence-electron chi connectivity index (χ2n) is 5.79. The molecule has 0 aliphatic rings. The summed E-state index contributed by atoms with van der Waals surface area (Å²) < 4.78 is 5.84. The third-order valence-electron chi connectivity index (χ3n) is 3.79. The first-order chi connectivity index (χ1) is 12.5. The highest BCUT2D eigenvalue weighted by atomic mass is 35.5. The lowest BCUT2D eigenvalue weighted by Gasteiger charge is -2.08.